The molecule has 10 heteroatoms. The molecule has 0 saturated heterocycles. The summed E-state index contributed by atoms with van der Waals surface area (Å²) >= 11 is 0. The fourth-order valence-electron chi connectivity index (χ4n) is 2.46. The van der Waals surface area contributed by atoms with E-state index in [1.54, 1.807) is 0 Å². The second kappa shape index (κ2) is 5.11. The number of carbonyl (C=O) groups is 1. The number of hydrogen-bond donors (Lipinski definition) is 4. The predicted octanol–water partition coefficient (Wildman–Crippen LogP) is -1.02. The van der Waals surface area contributed by atoms with Crippen LogP contribution in [-0.2, 0) is 14.8 Å². The van der Waals surface area contributed by atoms with Crippen molar-refractivity contribution in [2.75, 3.05) is 0 Å². The topological polar surface area (TPSA) is 149 Å². The Labute approximate surface area is 119 Å². The molecule has 0 spiro atoms. The lowest BCUT2D eigenvalue weighted by atomic mass is 9.85. The van der Waals surface area contributed by atoms with Crippen LogP contribution in [0, 0.1) is 5.41 Å². The van der Waals surface area contributed by atoms with E-state index in [2.05, 4.69) is 9.71 Å². The standard InChI is InChI=1S/C11H15N3O6S/c1-11(9(16)17)4-2-3-7(11)14-21(19,20)6-5-12-10(18)13-8(6)15/h5,7,14H,2-4H2,1H3,(H,16,17)(H2,12,13,15,18). The summed E-state index contributed by atoms with van der Waals surface area (Å²) in [6, 6.07) is -0.814. The third-order valence-electron chi connectivity index (χ3n) is 3.82. The highest BCUT2D eigenvalue weighted by Gasteiger charge is 2.47. The van der Waals surface area contributed by atoms with Crippen LogP contribution in [0.15, 0.2) is 20.7 Å². The van der Waals surface area contributed by atoms with Crippen molar-refractivity contribution in [1.82, 2.24) is 14.7 Å². The molecule has 1 aromatic rings. The fourth-order valence-corrected chi connectivity index (χ4v) is 3.85. The van der Waals surface area contributed by atoms with Crippen LogP contribution in [0.2, 0.25) is 0 Å². The number of aliphatic carboxylic acids is 1. The molecule has 2 atom stereocenters. The van der Waals surface area contributed by atoms with E-state index < -0.39 is 43.6 Å². The Kier molecular flexibility index (Phi) is 3.76. The van der Waals surface area contributed by atoms with Crippen LogP contribution in [0.3, 0.4) is 0 Å². The largest absolute Gasteiger partial charge is 0.481 e. The molecule has 0 radical (unpaired) electrons. The molecule has 1 aromatic heterocycles. The van der Waals surface area contributed by atoms with Gasteiger partial charge in [-0.2, -0.15) is 0 Å². The van der Waals surface area contributed by atoms with Crippen molar-refractivity contribution >= 4 is 16.0 Å². The minimum atomic E-state index is -4.22. The number of aromatic amines is 2. The number of H-pyrrole nitrogens is 2. The molecule has 0 aromatic carbocycles. The van der Waals surface area contributed by atoms with Crippen molar-refractivity contribution in [2.24, 2.45) is 5.41 Å². The smallest absolute Gasteiger partial charge is 0.325 e. The fraction of sp³-hybridized carbons (Fsp3) is 0.545. The third-order valence-corrected chi connectivity index (χ3v) is 5.30. The van der Waals surface area contributed by atoms with E-state index in [4.69, 9.17) is 0 Å². The van der Waals surface area contributed by atoms with Gasteiger partial charge in [0.25, 0.3) is 5.56 Å². The summed E-state index contributed by atoms with van der Waals surface area (Å²) in [6.07, 6.45) is 2.06. The molecule has 1 heterocycles. The highest BCUT2D eigenvalue weighted by atomic mass is 32.2. The van der Waals surface area contributed by atoms with Gasteiger partial charge in [0.05, 0.1) is 5.41 Å². The average molecular weight is 317 g/mol. The number of hydrogen-bond acceptors (Lipinski definition) is 5. The molecule has 4 N–H and O–H groups in total. The summed E-state index contributed by atoms with van der Waals surface area (Å²) < 4.78 is 26.6. The van der Waals surface area contributed by atoms with Crippen LogP contribution in [0.5, 0.6) is 0 Å². The summed E-state index contributed by atoms with van der Waals surface area (Å²) in [7, 11) is -4.22. The van der Waals surface area contributed by atoms with Gasteiger partial charge in [0.15, 0.2) is 4.90 Å². The minimum absolute atomic E-state index is 0.345. The Balaban J connectivity index is 2.36. The molecular weight excluding hydrogens is 302 g/mol. The van der Waals surface area contributed by atoms with Gasteiger partial charge in [-0.1, -0.05) is 6.42 Å². The maximum absolute atomic E-state index is 12.2. The van der Waals surface area contributed by atoms with Crippen LogP contribution in [0.25, 0.3) is 0 Å². The first-order valence-corrected chi connectivity index (χ1v) is 7.73. The summed E-state index contributed by atoms with van der Waals surface area (Å²) in [5, 5.41) is 9.25. The van der Waals surface area contributed by atoms with Gasteiger partial charge in [0.2, 0.25) is 10.0 Å². The van der Waals surface area contributed by atoms with Crippen LogP contribution in [0.1, 0.15) is 26.2 Å². The number of rotatable bonds is 4. The zero-order valence-electron chi connectivity index (χ0n) is 11.2. The molecule has 0 aliphatic heterocycles. The lowest BCUT2D eigenvalue weighted by molar-refractivity contribution is -0.148. The summed E-state index contributed by atoms with van der Waals surface area (Å²) in [6.45, 7) is 1.46. The van der Waals surface area contributed by atoms with Crippen LogP contribution >= 0.6 is 0 Å². The molecule has 2 unspecified atom stereocenters. The second-order valence-corrected chi connectivity index (χ2v) is 6.91. The lowest BCUT2D eigenvalue weighted by Crippen LogP contribution is -2.48. The number of nitrogens with one attached hydrogen (secondary N) is 3. The van der Waals surface area contributed by atoms with E-state index >= 15 is 0 Å². The molecule has 1 aliphatic carbocycles. The first-order chi connectivity index (χ1) is 9.67. The van der Waals surface area contributed by atoms with Crippen molar-refractivity contribution in [3.63, 3.8) is 0 Å². The third kappa shape index (κ3) is 2.76. The van der Waals surface area contributed by atoms with Crippen LogP contribution in [0.4, 0.5) is 0 Å². The molecule has 0 bridgehead atoms. The zero-order valence-corrected chi connectivity index (χ0v) is 12.0. The van der Waals surface area contributed by atoms with Crippen molar-refractivity contribution < 1.29 is 18.3 Å². The van der Waals surface area contributed by atoms with Gasteiger partial charge in [-0.3, -0.25) is 14.6 Å². The lowest BCUT2D eigenvalue weighted by Gasteiger charge is -2.27. The number of aromatic nitrogens is 2. The van der Waals surface area contributed by atoms with E-state index in [1.807, 2.05) is 4.98 Å². The number of carboxylic acids is 1. The second-order valence-electron chi connectivity index (χ2n) is 5.22. The quantitative estimate of drug-likeness (QED) is 0.558. The van der Waals surface area contributed by atoms with Crippen molar-refractivity contribution in [3.05, 3.63) is 27.0 Å². The summed E-state index contributed by atoms with van der Waals surface area (Å²) in [5.74, 6) is -1.09. The molecule has 1 saturated carbocycles. The van der Waals surface area contributed by atoms with E-state index in [9.17, 15) is 27.9 Å². The first-order valence-electron chi connectivity index (χ1n) is 6.24. The Morgan fingerprint density at radius 2 is 2.14 bits per heavy atom. The maximum atomic E-state index is 12.2. The SMILES string of the molecule is CC1(C(=O)O)CCCC1NS(=O)(=O)c1c[nH]c(=O)[nH]c1=O. The zero-order chi connectivity index (χ0) is 15.8. The number of carboxylic acid groups (broad SMARTS) is 1. The van der Waals surface area contributed by atoms with Crippen molar-refractivity contribution in [3.8, 4) is 0 Å². The van der Waals surface area contributed by atoms with E-state index in [1.165, 1.54) is 6.92 Å². The van der Waals surface area contributed by atoms with Gasteiger partial charge in [-0.15, -0.1) is 0 Å². The highest BCUT2D eigenvalue weighted by molar-refractivity contribution is 7.89. The molecule has 1 fully saturated rings. The normalized spacial score (nSPS) is 25.9. The van der Waals surface area contributed by atoms with Gasteiger partial charge in [0.1, 0.15) is 0 Å². The Morgan fingerprint density at radius 1 is 1.48 bits per heavy atom. The Bertz CT molecular complexity index is 780. The summed E-state index contributed by atoms with van der Waals surface area (Å²) in [4.78, 5) is 37.0. The van der Waals surface area contributed by atoms with E-state index in [0.717, 1.165) is 6.20 Å². The molecular formula is C11H15N3O6S. The molecule has 21 heavy (non-hydrogen) atoms. The van der Waals surface area contributed by atoms with Gasteiger partial charge < -0.3 is 10.1 Å². The average Bonchev–Trinajstić information content (AvgIpc) is 2.71. The molecule has 1 aliphatic rings. The summed E-state index contributed by atoms with van der Waals surface area (Å²) in [5.41, 5.74) is -3.10. The first kappa shape index (κ1) is 15.4. The molecule has 0 amide bonds. The van der Waals surface area contributed by atoms with Crippen molar-refractivity contribution in [1.29, 1.82) is 0 Å². The van der Waals surface area contributed by atoms with Gasteiger partial charge in [0, 0.05) is 12.2 Å². The predicted molar refractivity (Wildman–Crippen MR) is 71.4 cm³/mol. The number of sulfonamides is 1. The highest BCUT2D eigenvalue weighted by Crippen LogP contribution is 2.38. The molecule has 2 rings (SSSR count). The Morgan fingerprint density at radius 3 is 2.71 bits per heavy atom. The Hall–Kier alpha value is -1.94. The molecule has 9 nitrogen and oxygen atoms in total. The van der Waals surface area contributed by atoms with E-state index in [-0.39, 0.29) is 0 Å². The van der Waals surface area contributed by atoms with Crippen LogP contribution < -0.4 is 16.0 Å². The van der Waals surface area contributed by atoms with Crippen molar-refractivity contribution in [2.45, 2.75) is 37.1 Å². The van der Waals surface area contributed by atoms with Gasteiger partial charge in [-0.25, -0.2) is 17.9 Å². The molecule has 116 valence electrons. The van der Waals surface area contributed by atoms with Gasteiger partial charge >= 0.3 is 11.7 Å². The minimum Gasteiger partial charge on any atom is -0.481 e. The van der Waals surface area contributed by atoms with Gasteiger partial charge in [-0.05, 0) is 19.8 Å². The van der Waals surface area contributed by atoms with Crippen LogP contribution in [-0.4, -0.2) is 35.5 Å². The monoisotopic (exact) mass is 317 g/mol. The maximum Gasteiger partial charge on any atom is 0.325 e. The van der Waals surface area contributed by atoms with E-state index in [0.29, 0.717) is 19.3 Å².